The summed E-state index contributed by atoms with van der Waals surface area (Å²) >= 11 is 0. The zero-order valence-electron chi connectivity index (χ0n) is 8.93. The molecule has 0 spiro atoms. The Balaban J connectivity index is 2.65. The van der Waals surface area contributed by atoms with Crippen LogP contribution in [-0.2, 0) is 4.79 Å². The largest absolute Gasteiger partial charge is 0.478 e. The molecule has 1 rings (SSSR count). The summed E-state index contributed by atoms with van der Waals surface area (Å²) in [6.45, 7) is 1.94. The Morgan fingerprint density at radius 1 is 1.31 bits per heavy atom. The molecule has 1 aromatic rings. The van der Waals surface area contributed by atoms with Crippen LogP contribution in [-0.4, -0.2) is 17.0 Å². The molecule has 1 aromatic carbocycles. The Morgan fingerprint density at radius 3 is 2.44 bits per heavy atom. The topological polar surface area (TPSA) is 66.4 Å². The summed E-state index contributed by atoms with van der Waals surface area (Å²) < 4.78 is 0. The summed E-state index contributed by atoms with van der Waals surface area (Å²) in [6, 6.07) is 6.01. The summed E-state index contributed by atoms with van der Waals surface area (Å²) in [6.07, 6.45) is 4.00. The highest BCUT2D eigenvalue weighted by Gasteiger charge is 2.02. The molecule has 16 heavy (non-hydrogen) atoms. The number of carboxylic acid groups (broad SMARTS) is 1. The summed E-state index contributed by atoms with van der Waals surface area (Å²) in [4.78, 5) is 21.9. The van der Waals surface area contributed by atoms with Gasteiger partial charge < -0.3 is 10.4 Å². The first-order valence-corrected chi connectivity index (χ1v) is 4.94. The highest BCUT2D eigenvalue weighted by atomic mass is 16.4. The van der Waals surface area contributed by atoms with Crippen LogP contribution in [0.5, 0.6) is 0 Å². The van der Waals surface area contributed by atoms with Gasteiger partial charge in [-0.25, -0.2) is 4.79 Å². The van der Waals surface area contributed by atoms with Crippen LogP contribution in [0.25, 0.3) is 0 Å². The molecular weight excluding hydrogens is 206 g/mol. The van der Waals surface area contributed by atoms with E-state index in [9.17, 15) is 9.59 Å². The molecule has 0 aliphatic carbocycles. The lowest BCUT2D eigenvalue weighted by molar-refractivity contribution is -0.111. The maximum atomic E-state index is 11.3. The normalized spacial score (nSPS) is 10.3. The van der Waals surface area contributed by atoms with Gasteiger partial charge in [0.15, 0.2) is 0 Å². The number of rotatable bonds is 4. The van der Waals surface area contributed by atoms with E-state index in [2.05, 4.69) is 5.32 Å². The lowest BCUT2D eigenvalue weighted by Gasteiger charge is -2.02. The number of allylic oxidation sites excluding steroid dienone is 1. The molecule has 0 heterocycles. The fraction of sp³-hybridized carbons (Fsp3) is 0.167. The Kier molecular flexibility index (Phi) is 4.27. The van der Waals surface area contributed by atoms with E-state index in [4.69, 9.17) is 5.11 Å². The van der Waals surface area contributed by atoms with Crippen molar-refractivity contribution in [2.24, 2.45) is 0 Å². The van der Waals surface area contributed by atoms with Crippen molar-refractivity contribution in [1.82, 2.24) is 0 Å². The first kappa shape index (κ1) is 12.0. The van der Waals surface area contributed by atoms with E-state index in [-0.39, 0.29) is 11.5 Å². The van der Waals surface area contributed by atoms with Gasteiger partial charge in [-0.15, -0.1) is 0 Å². The van der Waals surface area contributed by atoms with Crippen LogP contribution in [0, 0.1) is 0 Å². The number of carbonyl (C=O) groups is 2. The standard InChI is InChI=1S/C12H13NO3/c1-2-3-4-11(14)13-10-7-5-9(6-8-10)12(15)16/h3-8H,2H2,1H3,(H,13,14)(H,15,16). The first-order chi connectivity index (χ1) is 7.63. The number of carboxylic acids is 1. The highest BCUT2D eigenvalue weighted by molar-refractivity contribution is 5.99. The molecule has 0 saturated carbocycles. The minimum absolute atomic E-state index is 0.196. The van der Waals surface area contributed by atoms with Gasteiger partial charge in [-0.05, 0) is 36.8 Å². The fourth-order valence-electron chi connectivity index (χ4n) is 1.10. The number of carbonyl (C=O) groups excluding carboxylic acids is 1. The summed E-state index contributed by atoms with van der Waals surface area (Å²) in [5.74, 6) is -1.20. The van der Waals surface area contributed by atoms with Crippen LogP contribution in [0.1, 0.15) is 23.7 Å². The van der Waals surface area contributed by atoms with Crippen molar-refractivity contribution in [3.8, 4) is 0 Å². The van der Waals surface area contributed by atoms with Crippen molar-refractivity contribution < 1.29 is 14.7 Å². The Hall–Kier alpha value is -2.10. The number of aromatic carboxylic acids is 1. The Labute approximate surface area is 93.6 Å². The fourth-order valence-corrected chi connectivity index (χ4v) is 1.10. The number of nitrogens with one attached hydrogen (secondary N) is 1. The Bertz CT molecular complexity index is 407. The van der Waals surface area contributed by atoms with E-state index < -0.39 is 5.97 Å². The SMILES string of the molecule is CCC=CC(=O)Nc1ccc(C(=O)O)cc1. The molecule has 0 aromatic heterocycles. The summed E-state index contributed by atoms with van der Waals surface area (Å²) in [5, 5.41) is 11.3. The number of hydrogen-bond donors (Lipinski definition) is 2. The number of anilines is 1. The predicted molar refractivity (Wildman–Crippen MR) is 61.5 cm³/mol. The smallest absolute Gasteiger partial charge is 0.335 e. The third-order valence-electron chi connectivity index (χ3n) is 1.90. The maximum absolute atomic E-state index is 11.3. The van der Waals surface area contributed by atoms with Crippen LogP contribution in [0.4, 0.5) is 5.69 Å². The molecule has 0 atom stereocenters. The van der Waals surface area contributed by atoms with Gasteiger partial charge in [0.1, 0.15) is 0 Å². The second-order valence-corrected chi connectivity index (χ2v) is 3.18. The molecule has 4 heteroatoms. The van der Waals surface area contributed by atoms with E-state index >= 15 is 0 Å². The molecule has 0 unspecified atom stereocenters. The lowest BCUT2D eigenvalue weighted by atomic mass is 10.2. The predicted octanol–water partition coefficient (Wildman–Crippen LogP) is 2.29. The van der Waals surface area contributed by atoms with E-state index in [1.165, 1.54) is 18.2 Å². The maximum Gasteiger partial charge on any atom is 0.335 e. The zero-order chi connectivity index (χ0) is 12.0. The molecule has 2 N–H and O–H groups in total. The average molecular weight is 219 g/mol. The third kappa shape index (κ3) is 3.57. The molecule has 0 aliphatic rings. The van der Waals surface area contributed by atoms with Gasteiger partial charge in [-0.1, -0.05) is 13.0 Å². The molecule has 0 fully saturated rings. The van der Waals surface area contributed by atoms with Crippen molar-refractivity contribution in [2.75, 3.05) is 5.32 Å². The minimum Gasteiger partial charge on any atom is -0.478 e. The van der Waals surface area contributed by atoms with Crippen molar-refractivity contribution in [2.45, 2.75) is 13.3 Å². The van der Waals surface area contributed by atoms with Gasteiger partial charge in [-0.2, -0.15) is 0 Å². The molecular formula is C12H13NO3. The monoisotopic (exact) mass is 219 g/mol. The summed E-state index contributed by atoms with van der Waals surface area (Å²) in [7, 11) is 0. The van der Waals surface area contributed by atoms with E-state index in [1.807, 2.05) is 6.92 Å². The number of benzene rings is 1. The molecule has 0 radical (unpaired) electrons. The summed E-state index contributed by atoms with van der Waals surface area (Å²) in [5.41, 5.74) is 0.776. The molecule has 4 nitrogen and oxygen atoms in total. The third-order valence-corrected chi connectivity index (χ3v) is 1.90. The molecule has 84 valence electrons. The van der Waals surface area contributed by atoms with E-state index in [0.717, 1.165) is 6.42 Å². The molecule has 0 aliphatic heterocycles. The van der Waals surface area contributed by atoms with E-state index in [1.54, 1.807) is 18.2 Å². The molecule has 0 bridgehead atoms. The highest BCUT2D eigenvalue weighted by Crippen LogP contribution is 2.09. The van der Waals surface area contributed by atoms with Crippen LogP contribution >= 0.6 is 0 Å². The van der Waals surface area contributed by atoms with Crippen LogP contribution < -0.4 is 5.32 Å². The average Bonchev–Trinajstić information content (AvgIpc) is 2.27. The number of hydrogen-bond acceptors (Lipinski definition) is 2. The van der Waals surface area contributed by atoms with Crippen molar-refractivity contribution >= 4 is 17.6 Å². The van der Waals surface area contributed by atoms with Crippen molar-refractivity contribution in [3.05, 3.63) is 42.0 Å². The van der Waals surface area contributed by atoms with Crippen molar-refractivity contribution in [3.63, 3.8) is 0 Å². The molecule has 0 saturated heterocycles. The van der Waals surface area contributed by atoms with Crippen LogP contribution in [0.2, 0.25) is 0 Å². The van der Waals surface area contributed by atoms with Gasteiger partial charge >= 0.3 is 5.97 Å². The van der Waals surface area contributed by atoms with Crippen molar-refractivity contribution in [1.29, 1.82) is 0 Å². The van der Waals surface area contributed by atoms with Gasteiger partial charge in [-0.3, -0.25) is 4.79 Å². The van der Waals surface area contributed by atoms with Gasteiger partial charge in [0.25, 0.3) is 0 Å². The zero-order valence-corrected chi connectivity index (χ0v) is 8.93. The lowest BCUT2D eigenvalue weighted by Crippen LogP contribution is -2.08. The van der Waals surface area contributed by atoms with Crippen LogP contribution in [0.3, 0.4) is 0 Å². The van der Waals surface area contributed by atoms with E-state index in [0.29, 0.717) is 5.69 Å². The quantitative estimate of drug-likeness (QED) is 0.763. The number of amides is 1. The minimum atomic E-state index is -0.983. The Morgan fingerprint density at radius 2 is 1.94 bits per heavy atom. The second-order valence-electron chi connectivity index (χ2n) is 3.18. The van der Waals surface area contributed by atoms with Gasteiger partial charge in [0, 0.05) is 5.69 Å². The second kappa shape index (κ2) is 5.70. The van der Waals surface area contributed by atoms with Gasteiger partial charge in [0.05, 0.1) is 5.56 Å². The first-order valence-electron chi connectivity index (χ1n) is 4.94. The van der Waals surface area contributed by atoms with Gasteiger partial charge in [0.2, 0.25) is 5.91 Å². The van der Waals surface area contributed by atoms with Crippen LogP contribution in [0.15, 0.2) is 36.4 Å². The molecule has 1 amide bonds.